The number of halogens is 2. The number of esters is 1. The van der Waals surface area contributed by atoms with Gasteiger partial charge in [0.05, 0.1) is 16.7 Å². The summed E-state index contributed by atoms with van der Waals surface area (Å²) in [4.78, 5) is 23.9. The molecule has 0 spiro atoms. The smallest absolute Gasteiger partial charge is 0.344 e. The van der Waals surface area contributed by atoms with Gasteiger partial charge in [0.2, 0.25) is 12.3 Å². The number of carbonyl (C=O) groups is 2. The summed E-state index contributed by atoms with van der Waals surface area (Å²) in [7, 11) is 0. The third-order valence-electron chi connectivity index (χ3n) is 2.94. The number of carbonyl (C=O) groups excluding carboxylic acids is 2. The van der Waals surface area contributed by atoms with Crippen LogP contribution in [0.4, 0.5) is 0 Å². The molecule has 0 fully saturated rings. The molecule has 0 saturated heterocycles. The van der Waals surface area contributed by atoms with Gasteiger partial charge in [-0.05, 0) is 31.2 Å². The molecule has 0 bridgehead atoms. The molecule has 6 heteroatoms. The number of hydrogen-bond acceptors (Lipinski definition) is 3. The van der Waals surface area contributed by atoms with Gasteiger partial charge < -0.3 is 4.74 Å². The number of nitrogens with zero attached hydrogens (tertiary/aromatic N) is 1. The van der Waals surface area contributed by atoms with Crippen LogP contribution in [0.5, 0.6) is 0 Å². The fraction of sp³-hybridized carbons (Fsp3) is 0.188. The highest BCUT2D eigenvalue weighted by Crippen LogP contribution is 2.22. The molecule has 0 saturated carbocycles. The lowest BCUT2D eigenvalue weighted by molar-refractivity contribution is -0.683. The highest BCUT2D eigenvalue weighted by atomic mass is 35.5. The molecule has 0 atom stereocenters. The maximum atomic E-state index is 12.2. The Morgan fingerprint density at radius 3 is 2.59 bits per heavy atom. The van der Waals surface area contributed by atoms with Gasteiger partial charge in [0.15, 0.2) is 12.4 Å². The minimum Gasteiger partial charge on any atom is -0.462 e. The highest BCUT2D eigenvalue weighted by molar-refractivity contribution is 6.42. The average molecular weight is 339 g/mol. The molecule has 1 aromatic heterocycles. The summed E-state index contributed by atoms with van der Waals surface area (Å²) in [5.74, 6) is -0.552. The number of aromatic nitrogens is 1. The number of rotatable bonds is 5. The van der Waals surface area contributed by atoms with E-state index in [2.05, 4.69) is 0 Å². The topological polar surface area (TPSA) is 47.2 Å². The maximum Gasteiger partial charge on any atom is 0.344 e. The third kappa shape index (κ3) is 4.06. The van der Waals surface area contributed by atoms with E-state index in [1.165, 1.54) is 6.07 Å². The Kier molecular flexibility index (Phi) is 5.52. The van der Waals surface area contributed by atoms with Crippen LogP contribution in [-0.2, 0) is 11.3 Å². The van der Waals surface area contributed by atoms with Crippen LogP contribution in [0.1, 0.15) is 27.6 Å². The first kappa shape index (κ1) is 16.5. The molecule has 0 aliphatic heterocycles. The van der Waals surface area contributed by atoms with Crippen LogP contribution in [0.15, 0.2) is 42.7 Å². The van der Waals surface area contributed by atoms with Crippen LogP contribution in [0.25, 0.3) is 0 Å². The van der Waals surface area contributed by atoms with Gasteiger partial charge in [0, 0.05) is 11.6 Å². The SMILES string of the molecule is CCOC(=O)c1ccc[n+](CC(=O)c2ccc(Cl)c(Cl)c2)c1. The molecular formula is C16H14Cl2NO3+. The number of ether oxygens (including phenoxy) is 1. The maximum absolute atomic E-state index is 12.2. The van der Waals surface area contributed by atoms with Gasteiger partial charge in [-0.1, -0.05) is 23.2 Å². The van der Waals surface area contributed by atoms with Crippen molar-refractivity contribution in [3.05, 3.63) is 63.9 Å². The molecule has 1 aromatic carbocycles. The van der Waals surface area contributed by atoms with Crippen LogP contribution in [0.2, 0.25) is 10.0 Å². The van der Waals surface area contributed by atoms with Crippen molar-refractivity contribution in [1.29, 1.82) is 0 Å². The van der Waals surface area contributed by atoms with E-state index < -0.39 is 5.97 Å². The number of Topliss-reactive ketones (excluding diaryl/α,β-unsaturated/α-hetero) is 1. The average Bonchev–Trinajstić information content (AvgIpc) is 2.50. The number of pyridine rings is 1. The van der Waals surface area contributed by atoms with Gasteiger partial charge in [-0.3, -0.25) is 4.79 Å². The minimum absolute atomic E-state index is 0.0885. The molecule has 2 aromatic rings. The second kappa shape index (κ2) is 7.38. The summed E-state index contributed by atoms with van der Waals surface area (Å²) in [6.07, 6.45) is 3.28. The zero-order valence-electron chi connectivity index (χ0n) is 11.9. The lowest BCUT2D eigenvalue weighted by Gasteiger charge is -2.02. The number of hydrogen-bond donors (Lipinski definition) is 0. The van der Waals surface area contributed by atoms with Crippen LogP contribution in [0, 0.1) is 0 Å². The van der Waals surface area contributed by atoms with Crippen LogP contribution >= 0.6 is 23.2 Å². The zero-order valence-corrected chi connectivity index (χ0v) is 13.4. The van der Waals surface area contributed by atoms with Gasteiger partial charge in [-0.25, -0.2) is 4.79 Å². The second-order valence-corrected chi connectivity index (χ2v) is 5.35. The van der Waals surface area contributed by atoms with Crippen molar-refractivity contribution in [2.24, 2.45) is 0 Å². The lowest BCUT2D eigenvalue weighted by atomic mass is 10.1. The Balaban J connectivity index is 2.16. The highest BCUT2D eigenvalue weighted by Gasteiger charge is 2.16. The monoisotopic (exact) mass is 338 g/mol. The Bertz CT molecular complexity index is 716. The molecule has 4 nitrogen and oxygen atoms in total. The first-order valence-electron chi connectivity index (χ1n) is 6.65. The van der Waals surface area contributed by atoms with E-state index in [1.807, 2.05) is 0 Å². The molecule has 0 N–H and O–H groups in total. The van der Waals surface area contributed by atoms with Gasteiger partial charge in [0.1, 0.15) is 5.56 Å². The molecule has 0 amide bonds. The summed E-state index contributed by atoms with van der Waals surface area (Å²) in [5, 5.41) is 0.730. The van der Waals surface area contributed by atoms with Gasteiger partial charge >= 0.3 is 5.97 Å². The molecular weight excluding hydrogens is 325 g/mol. The van der Waals surface area contributed by atoms with Gasteiger partial charge in [-0.15, -0.1) is 0 Å². The Morgan fingerprint density at radius 1 is 1.14 bits per heavy atom. The normalized spacial score (nSPS) is 10.3. The van der Waals surface area contributed by atoms with Crippen molar-refractivity contribution in [3.63, 3.8) is 0 Å². The van der Waals surface area contributed by atoms with Crippen LogP contribution in [0.3, 0.4) is 0 Å². The molecule has 114 valence electrons. The van der Waals surface area contributed by atoms with E-state index >= 15 is 0 Å². The summed E-state index contributed by atoms with van der Waals surface area (Å²) in [6.45, 7) is 2.13. The third-order valence-corrected chi connectivity index (χ3v) is 3.68. The standard InChI is InChI=1S/C16H14Cl2NO3/c1-2-22-16(21)12-4-3-7-19(9-12)10-15(20)11-5-6-13(17)14(18)8-11/h3-9H,2,10H2,1H3/q+1. The van der Waals surface area contributed by atoms with Gasteiger partial charge in [0.25, 0.3) is 0 Å². The molecule has 1 heterocycles. The van der Waals surface area contributed by atoms with E-state index in [-0.39, 0.29) is 12.3 Å². The lowest BCUT2D eigenvalue weighted by Crippen LogP contribution is -2.38. The summed E-state index contributed by atoms with van der Waals surface area (Å²) >= 11 is 11.7. The van der Waals surface area contributed by atoms with E-state index in [9.17, 15) is 9.59 Å². The molecule has 2 rings (SSSR count). The predicted octanol–water partition coefficient (Wildman–Crippen LogP) is 3.34. The van der Waals surface area contributed by atoms with Crippen molar-refractivity contribution in [3.8, 4) is 0 Å². The Morgan fingerprint density at radius 2 is 1.91 bits per heavy atom. The van der Waals surface area contributed by atoms with Crippen molar-refractivity contribution in [2.75, 3.05) is 6.61 Å². The molecule has 0 unspecified atom stereocenters. The summed E-state index contributed by atoms with van der Waals surface area (Å²) in [6, 6.07) is 8.05. The zero-order chi connectivity index (χ0) is 16.1. The van der Waals surface area contributed by atoms with E-state index in [4.69, 9.17) is 27.9 Å². The van der Waals surface area contributed by atoms with Crippen molar-refractivity contribution in [1.82, 2.24) is 0 Å². The summed E-state index contributed by atoms with van der Waals surface area (Å²) in [5.41, 5.74) is 0.856. The molecule has 0 aliphatic rings. The Labute approximate surface area is 138 Å². The predicted molar refractivity (Wildman–Crippen MR) is 83.4 cm³/mol. The minimum atomic E-state index is -0.418. The molecule has 0 aliphatic carbocycles. The van der Waals surface area contributed by atoms with Crippen molar-refractivity contribution in [2.45, 2.75) is 13.5 Å². The number of ketones is 1. The van der Waals surface area contributed by atoms with E-state index in [0.29, 0.717) is 27.8 Å². The quantitative estimate of drug-likeness (QED) is 0.477. The summed E-state index contributed by atoms with van der Waals surface area (Å²) < 4.78 is 6.55. The van der Waals surface area contributed by atoms with Gasteiger partial charge in [-0.2, -0.15) is 4.57 Å². The van der Waals surface area contributed by atoms with Crippen LogP contribution < -0.4 is 4.57 Å². The largest absolute Gasteiger partial charge is 0.462 e. The fourth-order valence-corrected chi connectivity index (χ4v) is 2.18. The van der Waals surface area contributed by atoms with E-state index in [0.717, 1.165) is 0 Å². The molecule has 22 heavy (non-hydrogen) atoms. The van der Waals surface area contributed by atoms with Crippen LogP contribution in [-0.4, -0.2) is 18.4 Å². The second-order valence-electron chi connectivity index (χ2n) is 4.54. The fourth-order valence-electron chi connectivity index (χ4n) is 1.88. The van der Waals surface area contributed by atoms with Crippen molar-refractivity contribution >= 4 is 35.0 Å². The van der Waals surface area contributed by atoms with Crippen molar-refractivity contribution < 1.29 is 18.9 Å². The first-order valence-corrected chi connectivity index (χ1v) is 7.41. The first-order chi connectivity index (χ1) is 10.5. The Hall–Kier alpha value is -1.91. The van der Waals surface area contributed by atoms with E-state index in [1.54, 1.807) is 48.1 Å². The number of benzene rings is 1. The molecule has 0 radical (unpaired) electrons.